The molecular weight excluding hydrogens is 288 g/mol. The van der Waals surface area contributed by atoms with Crippen LogP contribution in [0.4, 0.5) is 0 Å². The van der Waals surface area contributed by atoms with E-state index in [4.69, 9.17) is 0 Å². The molecule has 1 unspecified atom stereocenters. The number of hydrogen-bond donors (Lipinski definition) is 0. The van der Waals surface area contributed by atoms with Crippen LogP contribution in [0.15, 0.2) is 42.7 Å². The number of nitrogens with zero attached hydrogens (tertiary/aromatic N) is 4. The molecule has 23 heavy (non-hydrogen) atoms. The molecule has 1 aromatic heterocycles. The first-order valence-corrected chi connectivity index (χ1v) is 8.32. The van der Waals surface area contributed by atoms with E-state index in [2.05, 4.69) is 10.00 Å². The number of piperidine rings is 3. The third-order valence-electron chi connectivity index (χ3n) is 5.29. The van der Waals surface area contributed by atoms with Gasteiger partial charge in [0.1, 0.15) is 0 Å². The lowest BCUT2D eigenvalue weighted by Gasteiger charge is -2.48. The molecular formula is C18H22N4O. The Morgan fingerprint density at radius 1 is 1.22 bits per heavy atom. The first-order chi connectivity index (χ1) is 11.2. The molecule has 1 amide bonds. The van der Waals surface area contributed by atoms with Gasteiger partial charge in [0, 0.05) is 25.8 Å². The Hall–Kier alpha value is -2.14. The average molecular weight is 310 g/mol. The number of benzene rings is 1. The number of carbonyl (C=O) groups is 1. The Kier molecular flexibility index (Phi) is 3.65. The molecule has 0 radical (unpaired) electrons. The molecule has 3 aliphatic rings. The van der Waals surface area contributed by atoms with Crippen molar-refractivity contribution >= 4 is 5.91 Å². The SMILES string of the molecule is CN(C(=O)c1cnn(-c2ccccc2)c1)C1CN2CCC1CC2. The molecule has 5 rings (SSSR count). The monoisotopic (exact) mass is 310 g/mol. The van der Waals surface area contributed by atoms with Crippen LogP contribution >= 0.6 is 0 Å². The lowest BCUT2D eigenvalue weighted by molar-refractivity contribution is 0.0162. The number of fused-ring (bicyclic) bond motifs is 3. The highest BCUT2D eigenvalue weighted by Crippen LogP contribution is 2.30. The summed E-state index contributed by atoms with van der Waals surface area (Å²) >= 11 is 0. The maximum Gasteiger partial charge on any atom is 0.257 e. The molecule has 2 bridgehead atoms. The van der Waals surface area contributed by atoms with E-state index in [1.807, 2.05) is 48.5 Å². The molecule has 120 valence electrons. The van der Waals surface area contributed by atoms with Crippen LogP contribution in [0.3, 0.4) is 0 Å². The number of amides is 1. The van der Waals surface area contributed by atoms with Crippen LogP contribution in [0, 0.1) is 5.92 Å². The summed E-state index contributed by atoms with van der Waals surface area (Å²) in [6.45, 7) is 3.39. The van der Waals surface area contributed by atoms with E-state index in [0.717, 1.165) is 12.2 Å². The van der Waals surface area contributed by atoms with Crippen molar-refractivity contribution in [2.24, 2.45) is 5.92 Å². The lowest BCUT2D eigenvalue weighted by Crippen LogP contribution is -2.57. The van der Waals surface area contributed by atoms with Crippen LogP contribution < -0.4 is 0 Å². The molecule has 3 aliphatic heterocycles. The van der Waals surface area contributed by atoms with Gasteiger partial charge in [-0.2, -0.15) is 5.10 Å². The van der Waals surface area contributed by atoms with E-state index in [-0.39, 0.29) is 5.91 Å². The van der Waals surface area contributed by atoms with Crippen molar-refractivity contribution < 1.29 is 4.79 Å². The quantitative estimate of drug-likeness (QED) is 0.871. The van der Waals surface area contributed by atoms with Gasteiger partial charge in [-0.15, -0.1) is 0 Å². The van der Waals surface area contributed by atoms with Gasteiger partial charge in [-0.1, -0.05) is 18.2 Å². The summed E-state index contributed by atoms with van der Waals surface area (Å²) in [5.41, 5.74) is 1.63. The average Bonchev–Trinajstić information content (AvgIpc) is 3.12. The molecule has 0 saturated carbocycles. The fourth-order valence-corrected chi connectivity index (χ4v) is 3.88. The highest BCUT2D eigenvalue weighted by atomic mass is 16.2. The first kappa shape index (κ1) is 14.5. The van der Waals surface area contributed by atoms with E-state index >= 15 is 0 Å². The van der Waals surface area contributed by atoms with Gasteiger partial charge in [-0.3, -0.25) is 4.79 Å². The highest BCUT2D eigenvalue weighted by molar-refractivity contribution is 5.93. The third kappa shape index (κ3) is 2.65. The summed E-state index contributed by atoms with van der Waals surface area (Å²) in [7, 11) is 1.94. The van der Waals surface area contributed by atoms with Gasteiger partial charge in [0.05, 0.1) is 17.4 Å². The second-order valence-corrected chi connectivity index (χ2v) is 6.63. The molecule has 3 fully saturated rings. The number of carbonyl (C=O) groups excluding carboxylic acids is 1. The van der Waals surface area contributed by atoms with Crippen LogP contribution in [0.1, 0.15) is 23.2 Å². The minimum absolute atomic E-state index is 0.0749. The second-order valence-electron chi connectivity index (χ2n) is 6.63. The number of hydrogen-bond acceptors (Lipinski definition) is 3. The van der Waals surface area contributed by atoms with Crippen LogP contribution in [0.2, 0.25) is 0 Å². The van der Waals surface area contributed by atoms with Gasteiger partial charge in [0.15, 0.2) is 0 Å². The molecule has 5 nitrogen and oxygen atoms in total. The first-order valence-electron chi connectivity index (χ1n) is 8.32. The van der Waals surface area contributed by atoms with E-state index in [1.165, 1.54) is 25.9 Å². The predicted molar refractivity (Wildman–Crippen MR) is 88.6 cm³/mol. The van der Waals surface area contributed by atoms with Gasteiger partial charge in [0.25, 0.3) is 5.91 Å². The zero-order valence-corrected chi connectivity index (χ0v) is 13.4. The molecule has 0 N–H and O–H groups in total. The number of para-hydroxylation sites is 1. The van der Waals surface area contributed by atoms with E-state index in [0.29, 0.717) is 17.5 Å². The van der Waals surface area contributed by atoms with E-state index < -0.39 is 0 Å². The topological polar surface area (TPSA) is 41.4 Å². The smallest absolute Gasteiger partial charge is 0.257 e. The summed E-state index contributed by atoms with van der Waals surface area (Å²) in [5, 5.41) is 4.34. The minimum Gasteiger partial charge on any atom is -0.337 e. The summed E-state index contributed by atoms with van der Waals surface area (Å²) in [6, 6.07) is 10.2. The molecule has 2 aromatic rings. The molecule has 4 heterocycles. The molecule has 0 spiro atoms. The predicted octanol–water partition coefficient (Wildman–Crippen LogP) is 2.04. The third-order valence-corrected chi connectivity index (χ3v) is 5.29. The maximum absolute atomic E-state index is 12.8. The van der Waals surface area contributed by atoms with Gasteiger partial charge in [-0.05, 0) is 44.0 Å². The highest BCUT2D eigenvalue weighted by Gasteiger charge is 2.38. The van der Waals surface area contributed by atoms with Crippen LogP contribution in [0.25, 0.3) is 5.69 Å². The normalized spacial score (nSPS) is 26.2. The summed E-state index contributed by atoms with van der Waals surface area (Å²) in [5.74, 6) is 0.726. The van der Waals surface area contributed by atoms with Crippen molar-refractivity contribution in [1.29, 1.82) is 0 Å². The fraction of sp³-hybridized carbons (Fsp3) is 0.444. The molecule has 1 aromatic carbocycles. The molecule has 5 heteroatoms. The standard InChI is InChI=1S/C18H22N4O/c1-20(17-13-21-9-7-14(17)8-10-21)18(23)15-11-19-22(12-15)16-5-3-2-4-6-16/h2-6,11-12,14,17H,7-10,13H2,1H3. The van der Waals surface area contributed by atoms with Crippen molar-refractivity contribution in [3.8, 4) is 5.69 Å². The Labute approximate surface area is 136 Å². The Morgan fingerprint density at radius 2 is 1.96 bits per heavy atom. The molecule has 1 atom stereocenters. The van der Waals surface area contributed by atoms with Crippen molar-refractivity contribution in [3.05, 3.63) is 48.3 Å². The van der Waals surface area contributed by atoms with Gasteiger partial charge >= 0.3 is 0 Å². The number of rotatable bonds is 3. The fourth-order valence-electron chi connectivity index (χ4n) is 3.88. The van der Waals surface area contributed by atoms with Crippen LogP contribution in [0.5, 0.6) is 0 Å². The zero-order valence-electron chi connectivity index (χ0n) is 13.4. The Bertz CT molecular complexity index is 688. The minimum atomic E-state index is 0.0749. The number of aromatic nitrogens is 2. The molecule has 3 saturated heterocycles. The summed E-state index contributed by atoms with van der Waals surface area (Å²) < 4.78 is 1.76. The van der Waals surface area contributed by atoms with Crippen molar-refractivity contribution in [3.63, 3.8) is 0 Å². The Morgan fingerprint density at radius 3 is 2.61 bits per heavy atom. The van der Waals surface area contributed by atoms with E-state index in [9.17, 15) is 4.79 Å². The molecule has 0 aliphatic carbocycles. The van der Waals surface area contributed by atoms with Crippen molar-refractivity contribution in [2.45, 2.75) is 18.9 Å². The maximum atomic E-state index is 12.8. The number of likely N-dealkylation sites (N-methyl/N-ethyl adjacent to an activating group) is 1. The lowest BCUT2D eigenvalue weighted by atomic mass is 9.83. The summed E-state index contributed by atoms with van der Waals surface area (Å²) in [4.78, 5) is 17.2. The Balaban J connectivity index is 1.52. The summed E-state index contributed by atoms with van der Waals surface area (Å²) in [6.07, 6.45) is 5.93. The van der Waals surface area contributed by atoms with Crippen LogP contribution in [-0.4, -0.2) is 58.2 Å². The van der Waals surface area contributed by atoms with Gasteiger partial charge in [0.2, 0.25) is 0 Å². The van der Waals surface area contributed by atoms with Gasteiger partial charge < -0.3 is 9.80 Å². The van der Waals surface area contributed by atoms with Gasteiger partial charge in [-0.25, -0.2) is 4.68 Å². The van der Waals surface area contributed by atoms with E-state index in [1.54, 1.807) is 10.9 Å². The second kappa shape index (κ2) is 5.81. The largest absolute Gasteiger partial charge is 0.337 e. The zero-order chi connectivity index (χ0) is 15.8. The van der Waals surface area contributed by atoms with Crippen molar-refractivity contribution in [1.82, 2.24) is 19.6 Å². The van der Waals surface area contributed by atoms with Crippen LogP contribution in [-0.2, 0) is 0 Å². The van der Waals surface area contributed by atoms with Crippen molar-refractivity contribution in [2.75, 3.05) is 26.7 Å².